The van der Waals surface area contributed by atoms with E-state index in [0.29, 0.717) is 31.4 Å². The lowest BCUT2D eigenvalue weighted by Gasteiger charge is -2.28. The number of piperidine rings is 1. The van der Waals surface area contributed by atoms with Gasteiger partial charge in [0.1, 0.15) is 6.10 Å². The van der Waals surface area contributed by atoms with Gasteiger partial charge in [0.15, 0.2) is 0 Å². The van der Waals surface area contributed by atoms with E-state index < -0.39 is 12.0 Å². The second-order valence-electron chi connectivity index (χ2n) is 6.51. The number of hydrogen-bond acceptors (Lipinski definition) is 4. The van der Waals surface area contributed by atoms with Crippen LogP contribution in [0.4, 0.5) is 5.69 Å². The maximum Gasteiger partial charge on any atom is 0.251 e. The predicted octanol–water partition coefficient (Wildman–Crippen LogP) is 0.966. The minimum Gasteiger partial charge on any atom is -0.368 e. The van der Waals surface area contributed by atoms with Gasteiger partial charge < -0.3 is 20.7 Å². The molecule has 134 valence electrons. The Balaban J connectivity index is 1.61. The molecule has 1 aromatic carbocycles. The van der Waals surface area contributed by atoms with Crippen molar-refractivity contribution in [2.75, 3.05) is 18.1 Å². The SMILES string of the molecule is NC(=O)C1CC(NC(=O)c2ccc(N3CCCCC3=O)cc2)CCO1. The van der Waals surface area contributed by atoms with Crippen LogP contribution in [0.1, 0.15) is 42.5 Å². The Bertz CT molecular complexity index is 659. The lowest BCUT2D eigenvalue weighted by Crippen LogP contribution is -2.46. The van der Waals surface area contributed by atoms with E-state index in [1.807, 2.05) is 0 Å². The molecule has 25 heavy (non-hydrogen) atoms. The number of ether oxygens (including phenoxy) is 1. The first kappa shape index (κ1) is 17.4. The standard InChI is InChI=1S/C18H23N3O4/c19-17(23)15-11-13(8-10-25-15)20-18(24)12-4-6-14(7-5-12)21-9-2-1-3-16(21)22/h4-7,13,15H,1-3,8-11H2,(H2,19,23)(H,20,24). The summed E-state index contributed by atoms with van der Waals surface area (Å²) in [5.74, 6) is -0.579. The zero-order chi connectivity index (χ0) is 17.8. The quantitative estimate of drug-likeness (QED) is 0.849. The zero-order valence-corrected chi connectivity index (χ0v) is 14.1. The van der Waals surface area contributed by atoms with Gasteiger partial charge in [-0.05, 0) is 43.5 Å². The molecule has 0 radical (unpaired) electrons. The van der Waals surface area contributed by atoms with Gasteiger partial charge in [0.2, 0.25) is 11.8 Å². The summed E-state index contributed by atoms with van der Waals surface area (Å²) >= 11 is 0. The van der Waals surface area contributed by atoms with Crippen LogP contribution in [0.25, 0.3) is 0 Å². The largest absolute Gasteiger partial charge is 0.368 e. The van der Waals surface area contributed by atoms with Crippen LogP contribution in [0.5, 0.6) is 0 Å². The fourth-order valence-electron chi connectivity index (χ4n) is 3.27. The van der Waals surface area contributed by atoms with Gasteiger partial charge in [-0.15, -0.1) is 0 Å². The number of amides is 3. The summed E-state index contributed by atoms with van der Waals surface area (Å²) in [4.78, 5) is 37.3. The molecule has 0 aliphatic carbocycles. The van der Waals surface area contributed by atoms with Crippen LogP contribution < -0.4 is 16.0 Å². The van der Waals surface area contributed by atoms with Crippen LogP contribution in [-0.4, -0.2) is 43.0 Å². The molecule has 3 N–H and O–H groups in total. The molecular formula is C18H23N3O4. The number of nitrogens with two attached hydrogens (primary N) is 1. The molecule has 2 heterocycles. The Labute approximate surface area is 146 Å². The van der Waals surface area contributed by atoms with E-state index in [0.717, 1.165) is 25.1 Å². The first-order valence-corrected chi connectivity index (χ1v) is 8.67. The number of rotatable bonds is 4. The minimum atomic E-state index is -0.647. The van der Waals surface area contributed by atoms with E-state index in [1.165, 1.54) is 0 Å². The molecule has 2 fully saturated rings. The molecule has 1 aromatic rings. The van der Waals surface area contributed by atoms with Crippen molar-refractivity contribution in [3.05, 3.63) is 29.8 Å². The molecule has 7 heteroatoms. The van der Waals surface area contributed by atoms with Crippen LogP contribution in [0.15, 0.2) is 24.3 Å². The molecule has 7 nitrogen and oxygen atoms in total. The third-order valence-electron chi connectivity index (χ3n) is 4.70. The fraction of sp³-hybridized carbons (Fsp3) is 0.500. The molecule has 2 saturated heterocycles. The summed E-state index contributed by atoms with van der Waals surface area (Å²) in [5.41, 5.74) is 6.61. The van der Waals surface area contributed by atoms with Crippen molar-refractivity contribution in [1.29, 1.82) is 0 Å². The highest BCUT2D eigenvalue weighted by atomic mass is 16.5. The summed E-state index contributed by atoms with van der Waals surface area (Å²) in [7, 11) is 0. The van der Waals surface area contributed by atoms with Crippen LogP contribution in [0.2, 0.25) is 0 Å². The molecule has 2 aliphatic heterocycles. The molecule has 3 rings (SSSR count). The molecule has 0 spiro atoms. The summed E-state index contributed by atoms with van der Waals surface area (Å²) in [6, 6.07) is 6.90. The maximum absolute atomic E-state index is 12.4. The third-order valence-corrected chi connectivity index (χ3v) is 4.70. The second-order valence-corrected chi connectivity index (χ2v) is 6.51. The van der Waals surface area contributed by atoms with Gasteiger partial charge in [0.05, 0.1) is 0 Å². The molecule has 3 amide bonds. The topological polar surface area (TPSA) is 102 Å². The Hall–Kier alpha value is -2.41. The molecule has 0 saturated carbocycles. The van der Waals surface area contributed by atoms with Crippen molar-refractivity contribution < 1.29 is 19.1 Å². The monoisotopic (exact) mass is 345 g/mol. The number of carbonyl (C=O) groups is 3. The average molecular weight is 345 g/mol. The van der Waals surface area contributed by atoms with Gasteiger partial charge in [0, 0.05) is 43.3 Å². The van der Waals surface area contributed by atoms with Gasteiger partial charge in [-0.3, -0.25) is 14.4 Å². The van der Waals surface area contributed by atoms with Gasteiger partial charge in [-0.25, -0.2) is 0 Å². The molecule has 2 atom stereocenters. The Morgan fingerprint density at radius 3 is 2.64 bits per heavy atom. The molecule has 2 aliphatic rings. The molecular weight excluding hydrogens is 322 g/mol. The first-order valence-electron chi connectivity index (χ1n) is 8.67. The van der Waals surface area contributed by atoms with Crippen molar-refractivity contribution >= 4 is 23.4 Å². The van der Waals surface area contributed by atoms with Crippen molar-refractivity contribution in [2.24, 2.45) is 5.73 Å². The van der Waals surface area contributed by atoms with Crippen molar-refractivity contribution in [1.82, 2.24) is 5.32 Å². The summed E-state index contributed by atoms with van der Waals surface area (Å²) < 4.78 is 5.29. The van der Waals surface area contributed by atoms with Gasteiger partial charge in [0.25, 0.3) is 5.91 Å². The maximum atomic E-state index is 12.4. The predicted molar refractivity (Wildman–Crippen MR) is 92.1 cm³/mol. The number of nitrogens with zero attached hydrogens (tertiary/aromatic N) is 1. The van der Waals surface area contributed by atoms with Gasteiger partial charge in [-0.1, -0.05) is 0 Å². The summed E-state index contributed by atoms with van der Waals surface area (Å²) in [5, 5.41) is 2.92. The Morgan fingerprint density at radius 2 is 1.96 bits per heavy atom. The zero-order valence-electron chi connectivity index (χ0n) is 14.1. The molecule has 2 unspecified atom stereocenters. The number of carbonyl (C=O) groups excluding carboxylic acids is 3. The number of benzene rings is 1. The van der Waals surface area contributed by atoms with Crippen molar-refractivity contribution in [3.63, 3.8) is 0 Å². The minimum absolute atomic E-state index is 0.128. The van der Waals surface area contributed by atoms with Crippen LogP contribution >= 0.6 is 0 Å². The Kier molecular flexibility index (Phi) is 5.33. The van der Waals surface area contributed by atoms with Gasteiger partial charge in [-0.2, -0.15) is 0 Å². The highest BCUT2D eigenvalue weighted by Gasteiger charge is 2.27. The number of hydrogen-bond donors (Lipinski definition) is 2. The lowest BCUT2D eigenvalue weighted by molar-refractivity contribution is -0.132. The highest BCUT2D eigenvalue weighted by Crippen LogP contribution is 2.21. The molecule has 0 bridgehead atoms. The van der Waals surface area contributed by atoms with Crippen LogP contribution in [-0.2, 0) is 14.3 Å². The van der Waals surface area contributed by atoms with Crippen LogP contribution in [0.3, 0.4) is 0 Å². The van der Waals surface area contributed by atoms with E-state index >= 15 is 0 Å². The number of primary amides is 1. The van der Waals surface area contributed by atoms with E-state index in [2.05, 4.69) is 5.32 Å². The Morgan fingerprint density at radius 1 is 1.20 bits per heavy atom. The number of nitrogens with one attached hydrogen (secondary N) is 1. The third kappa shape index (κ3) is 4.17. The fourth-order valence-corrected chi connectivity index (χ4v) is 3.27. The van der Waals surface area contributed by atoms with Crippen molar-refractivity contribution in [3.8, 4) is 0 Å². The van der Waals surface area contributed by atoms with Crippen LogP contribution in [0, 0.1) is 0 Å². The average Bonchev–Trinajstić information content (AvgIpc) is 2.62. The summed E-state index contributed by atoms with van der Waals surface area (Å²) in [6.07, 6.45) is 2.91. The molecule has 0 aromatic heterocycles. The van der Waals surface area contributed by atoms with E-state index in [4.69, 9.17) is 10.5 Å². The van der Waals surface area contributed by atoms with Crippen molar-refractivity contribution in [2.45, 2.75) is 44.2 Å². The second kappa shape index (κ2) is 7.65. The lowest BCUT2D eigenvalue weighted by atomic mass is 10.0. The highest BCUT2D eigenvalue weighted by molar-refractivity contribution is 5.97. The van der Waals surface area contributed by atoms with Gasteiger partial charge >= 0.3 is 0 Å². The summed E-state index contributed by atoms with van der Waals surface area (Å²) in [6.45, 7) is 1.12. The van der Waals surface area contributed by atoms with E-state index in [1.54, 1.807) is 29.2 Å². The smallest absolute Gasteiger partial charge is 0.251 e. The van der Waals surface area contributed by atoms with E-state index in [-0.39, 0.29) is 17.9 Å². The number of anilines is 1. The van der Waals surface area contributed by atoms with E-state index in [9.17, 15) is 14.4 Å². The normalized spacial score (nSPS) is 24.0. The first-order chi connectivity index (χ1) is 12.0.